The zero-order chi connectivity index (χ0) is 21.8. The highest BCUT2D eigenvalue weighted by Gasteiger charge is 2.18. The van der Waals surface area contributed by atoms with Crippen LogP contribution in [0.25, 0.3) is 11.3 Å². The van der Waals surface area contributed by atoms with Gasteiger partial charge in [0.05, 0.1) is 17.5 Å². The Bertz CT molecular complexity index is 1140. The number of imidazole rings is 1. The summed E-state index contributed by atoms with van der Waals surface area (Å²) in [6.45, 7) is 1.37. The normalized spacial score (nSPS) is 13.8. The Morgan fingerprint density at radius 3 is 2.52 bits per heavy atom. The Labute approximate surface area is 180 Å². The Kier molecular flexibility index (Phi) is 5.97. The minimum atomic E-state index is -0.396. The van der Waals surface area contributed by atoms with Gasteiger partial charge in [0.25, 0.3) is 11.5 Å². The molecule has 8 heteroatoms. The molecule has 2 amide bonds. The monoisotopic (exact) mass is 419 g/mol. The van der Waals surface area contributed by atoms with Crippen LogP contribution in [0.2, 0.25) is 0 Å². The van der Waals surface area contributed by atoms with Gasteiger partial charge in [0, 0.05) is 32.4 Å². The van der Waals surface area contributed by atoms with Gasteiger partial charge in [-0.15, -0.1) is 0 Å². The van der Waals surface area contributed by atoms with E-state index in [0.717, 1.165) is 43.6 Å². The van der Waals surface area contributed by atoms with Gasteiger partial charge in [-0.05, 0) is 30.9 Å². The van der Waals surface area contributed by atoms with Crippen LogP contribution in [-0.4, -0.2) is 43.9 Å². The number of hydrogen-bond acceptors (Lipinski definition) is 4. The average Bonchev–Trinajstić information content (AvgIpc) is 3.16. The van der Waals surface area contributed by atoms with Crippen LogP contribution in [0, 0.1) is 0 Å². The van der Waals surface area contributed by atoms with E-state index >= 15 is 0 Å². The standard InChI is InChI=1S/C23H25N5O3/c1-26-19(17-8-4-2-5-9-17)14-24-23(26)25-22(31)18-10-11-20(29)28(15-18)16-21(30)27-12-6-3-7-13-27/h2,4-5,8-11,14-15H,3,6-7,12-13,16H2,1H3,(H,24,25,31). The SMILES string of the molecule is Cn1c(-c2ccccc2)cnc1NC(=O)c1ccc(=O)n(CC(=O)N2CCCCC2)c1. The smallest absolute Gasteiger partial charge is 0.259 e. The largest absolute Gasteiger partial charge is 0.341 e. The predicted molar refractivity (Wildman–Crippen MR) is 118 cm³/mol. The second-order valence-electron chi connectivity index (χ2n) is 7.67. The molecule has 160 valence electrons. The number of aromatic nitrogens is 3. The summed E-state index contributed by atoms with van der Waals surface area (Å²) < 4.78 is 3.09. The lowest BCUT2D eigenvalue weighted by Gasteiger charge is -2.27. The first-order valence-corrected chi connectivity index (χ1v) is 10.4. The highest BCUT2D eigenvalue weighted by atomic mass is 16.2. The summed E-state index contributed by atoms with van der Waals surface area (Å²) in [5.74, 6) is -0.102. The first kappa shape index (κ1) is 20.6. The van der Waals surface area contributed by atoms with Crippen molar-refractivity contribution in [3.63, 3.8) is 0 Å². The maximum Gasteiger partial charge on any atom is 0.259 e. The lowest BCUT2D eigenvalue weighted by atomic mass is 10.1. The van der Waals surface area contributed by atoms with E-state index < -0.39 is 5.91 Å². The summed E-state index contributed by atoms with van der Waals surface area (Å²) in [5.41, 5.74) is 1.83. The number of carbonyl (C=O) groups is 2. The van der Waals surface area contributed by atoms with Gasteiger partial charge in [0.2, 0.25) is 11.9 Å². The fourth-order valence-electron chi connectivity index (χ4n) is 3.75. The van der Waals surface area contributed by atoms with Crippen molar-refractivity contribution in [3.8, 4) is 11.3 Å². The van der Waals surface area contributed by atoms with Crippen LogP contribution in [0.1, 0.15) is 29.6 Å². The highest BCUT2D eigenvalue weighted by molar-refractivity contribution is 6.03. The average molecular weight is 419 g/mol. The first-order valence-electron chi connectivity index (χ1n) is 10.4. The molecule has 0 aliphatic carbocycles. The predicted octanol–water partition coefficient (Wildman–Crippen LogP) is 2.51. The van der Waals surface area contributed by atoms with Gasteiger partial charge < -0.3 is 14.0 Å². The van der Waals surface area contributed by atoms with Crippen molar-refractivity contribution in [1.29, 1.82) is 0 Å². The summed E-state index contributed by atoms with van der Waals surface area (Å²) in [4.78, 5) is 43.6. The van der Waals surface area contributed by atoms with Crippen LogP contribution in [0.3, 0.4) is 0 Å². The van der Waals surface area contributed by atoms with Gasteiger partial charge in [-0.3, -0.25) is 19.7 Å². The maximum absolute atomic E-state index is 12.8. The molecule has 1 aliphatic heterocycles. The number of piperidine rings is 1. The number of benzene rings is 1. The van der Waals surface area contributed by atoms with Crippen molar-refractivity contribution in [2.24, 2.45) is 7.05 Å². The Hall–Kier alpha value is -3.68. The van der Waals surface area contributed by atoms with Crippen molar-refractivity contribution >= 4 is 17.8 Å². The number of carbonyl (C=O) groups excluding carboxylic acids is 2. The van der Waals surface area contributed by atoms with Gasteiger partial charge in [0.15, 0.2) is 0 Å². The molecule has 3 aromatic rings. The quantitative estimate of drug-likeness (QED) is 0.688. The van der Waals surface area contributed by atoms with Crippen LogP contribution in [0.4, 0.5) is 5.95 Å². The van der Waals surface area contributed by atoms with Crippen molar-refractivity contribution in [2.75, 3.05) is 18.4 Å². The van der Waals surface area contributed by atoms with E-state index in [9.17, 15) is 14.4 Å². The van der Waals surface area contributed by atoms with E-state index in [1.165, 1.54) is 22.9 Å². The molecule has 1 N–H and O–H groups in total. The Morgan fingerprint density at radius 2 is 1.77 bits per heavy atom. The molecule has 8 nitrogen and oxygen atoms in total. The van der Waals surface area contributed by atoms with E-state index in [1.54, 1.807) is 15.7 Å². The molecular weight excluding hydrogens is 394 g/mol. The van der Waals surface area contributed by atoms with E-state index in [1.807, 2.05) is 37.4 Å². The van der Waals surface area contributed by atoms with Crippen LogP contribution < -0.4 is 10.9 Å². The molecule has 1 aliphatic rings. The summed E-state index contributed by atoms with van der Waals surface area (Å²) in [5, 5.41) is 2.78. The first-order chi connectivity index (χ1) is 15.0. The number of nitrogens with zero attached hydrogens (tertiary/aromatic N) is 4. The summed E-state index contributed by atoms with van der Waals surface area (Å²) in [7, 11) is 1.82. The van der Waals surface area contributed by atoms with E-state index in [4.69, 9.17) is 0 Å². The second-order valence-corrected chi connectivity index (χ2v) is 7.67. The van der Waals surface area contributed by atoms with Crippen molar-refractivity contribution in [1.82, 2.24) is 19.0 Å². The number of anilines is 1. The van der Waals surface area contributed by atoms with Gasteiger partial charge in [-0.1, -0.05) is 30.3 Å². The topological polar surface area (TPSA) is 89.2 Å². The third-order valence-corrected chi connectivity index (χ3v) is 5.54. The fraction of sp³-hybridized carbons (Fsp3) is 0.304. The zero-order valence-electron chi connectivity index (χ0n) is 17.5. The minimum Gasteiger partial charge on any atom is -0.341 e. The number of nitrogens with one attached hydrogen (secondary N) is 1. The molecule has 3 heterocycles. The van der Waals surface area contributed by atoms with E-state index in [-0.39, 0.29) is 23.6 Å². The maximum atomic E-state index is 12.8. The molecule has 1 fully saturated rings. The molecule has 1 saturated heterocycles. The van der Waals surface area contributed by atoms with Crippen LogP contribution >= 0.6 is 0 Å². The molecule has 1 aromatic carbocycles. The Balaban J connectivity index is 1.49. The van der Waals surface area contributed by atoms with E-state index in [0.29, 0.717) is 5.95 Å². The lowest BCUT2D eigenvalue weighted by molar-refractivity contribution is -0.132. The van der Waals surface area contributed by atoms with Gasteiger partial charge in [-0.2, -0.15) is 0 Å². The molecule has 31 heavy (non-hydrogen) atoms. The third-order valence-electron chi connectivity index (χ3n) is 5.54. The number of likely N-dealkylation sites (tertiary alicyclic amines) is 1. The molecule has 2 aromatic heterocycles. The second kappa shape index (κ2) is 8.99. The van der Waals surface area contributed by atoms with Crippen LogP contribution in [0.5, 0.6) is 0 Å². The molecular formula is C23H25N5O3. The van der Waals surface area contributed by atoms with Gasteiger partial charge in [-0.25, -0.2) is 4.98 Å². The van der Waals surface area contributed by atoms with Crippen molar-refractivity contribution in [3.05, 3.63) is 70.8 Å². The number of amides is 2. The number of hydrogen-bond donors (Lipinski definition) is 1. The molecule has 0 bridgehead atoms. The molecule has 4 rings (SSSR count). The lowest BCUT2D eigenvalue weighted by Crippen LogP contribution is -2.39. The molecule has 0 saturated carbocycles. The molecule has 0 spiro atoms. The van der Waals surface area contributed by atoms with Crippen molar-refractivity contribution in [2.45, 2.75) is 25.8 Å². The Morgan fingerprint density at radius 1 is 1.03 bits per heavy atom. The molecule has 0 radical (unpaired) electrons. The minimum absolute atomic E-state index is 0.0689. The van der Waals surface area contributed by atoms with Crippen LogP contribution in [0.15, 0.2) is 59.7 Å². The van der Waals surface area contributed by atoms with Crippen molar-refractivity contribution < 1.29 is 9.59 Å². The van der Waals surface area contributed by atoms with Crippen LogP contribution in [-0.2, 0) is 18.4 Å². The van der Waals surface area contributed by atoms with Gasteiger partial charge in [0.1, 0.15) is 6.54 Å². The molecule has 0 unspecified atom stereocenters. The number of pyridine rings is 1. The van der Waals surface area contributed by atoms with Gasteiger partial charge >= 0.3 is 0 Å². The number of rotatable bonds is 5. The summed E-state index contributed by atoms with van der Waals surface area (Å²) in [6.07, 6.45) is 6.22. The third kappa shape index (κ3) is 4.58. The van der Waals surface area contributed by atoms with E-state index in [2.05, 4.69) is 10.3 Å². The summed E-state index contributed by atoms with van der Waals surface area (Å²) in [6, 6.07) is 12.5. The zero-order valence-corrected chi connectivity index (χ0v) is 17.5. The highest BCUT2D eigenvalue weighted by Crippen LogP contribution is 2.21. The summed E-state index contributed by atoms with van der Waals surface area (Å²) >= 11 is 0. The fourth-order valence-corrected chi connectivity index (χ4v) is 3.75. The molecule has 0 atom stereocenters.